The van der Waals surface area contributed by atoms with Gasteiger partial charge in [0.2, 0.25) is 23.6 Å². The molecule has 10 nitrogen and oxygen atoms in total. The molecule has 2 N–H and O–H groups in total. The molecule has 3 aliphatic heterocycles. The average Bonchev–Trinajstić information content (AvgIpc) is 3.45. The Morgan fingerprint density at radius 3 is 2.33 bits per heavy atom. The van der Waals surface area contributed by atoms with Gasteiger partial charge in [-0.3, -0.25) is 19.2 Å². The predicted octanol–water partition coefficient (Wildman–Crippen LogP) is 0.341. The Balaban J connectivity index is 1.92. The molecule has 3 saturated heterocycles. The van der Waals surface area contributed by atoms with Crippen molar-refractivity contribution in [1.82, 2.24) is 20.4 Å². The van der Waals surface area contributed by atoms with Gasteiger partial charge in [-0.2, -0.15) is 0 Å². The van der Waals surface area contributed by atoms with E-state index in [9.17, 15) is 24.0 Å². The molecule has 0 spiro atoms. The maximum Gasteiger partial charge on any atom is 0.329 e. The Morgan fingerprint density at radius 1 is 1.00 bits per heavy atom. The van der Waals surface area contributed by atoms with Gasteiger partial charge in [0.1, 0.15) is 24.2 Å². The zero-order valence-corrected chi connectivity index (χ0v) is 19.8. The summed E-state index contributed by atoms with van der Waals surface area (Å²) in [5, 5.41) is 5.42. The molecule has 0 unspecified atom stereocenters. The number of esters is 1. The van der Waals surface area contributed by atoms with Crippen LogP contribution in [0.2, 0.25) is 0 Å². The molecule has 0 saturated carbocycles. The summed E-state index contributed by atoms with van der Waals surface area (Å²) in [6.45, 7) is 6.58. The Bertz CT molecular complexity index is 775. The highest BCUT2D eigenvalue weighted by Crippen LogP contribution is 2.26. The van der Waals surface area contributed by atoms with Crippen LogP contribution >= 0.6 is 0 Å². The summed E-state index contributed by atoms with van der Waals surface area (Å²) in [6, 6.07) is -3.41. The Morgan fingerprint density at radius 2 is 1.67 bits per heavy atom. The van der Waals surface area contributed by atoms with Crippen molar-refractivity contribution < 1.29 is 28.7 Å². The minimum atomic E-state index is -1.18. The van der Waals surface area contributed by atoms with E-state index >= 15 is 0 Å². The van der Waals surface area contributed by atoms with Crippen molar-refractivity contribution in [3.05, 3.63) is 0 Å². The van der Waals surface area contributed by atoms with Gasteiger partial charge in [-0.15, -0.1) is 0 Å². The summed E-state index contributed by atoms with van der Waals surface area (Å²) in [5.41, 5.74) is 0. The zero-order valence-electron chi connectivity index (χ0n) is 19.8. The molecule has 0 radical (unpaired) electrons. The lowest BCUT2D eigenvalue weighted by molar-refractivity contribution is -0.151. The second-order valence-corrected chi connectivity index (χ2v) is 9.45. The topological polar surface area (TPSA) is 125 Å². The van der Waals surface area contributed by atoms with Crippen LogP contribution in [0, 0.1) is 5.92 Å². The molecule has 0 aliphatic carbocycles. The first kappa shape index (κ1) is 25.0. The number of carbonyl (C=O) groups is 5. The van der Waals surface area contributed by atoms with Gasteiger partial charge in [0, 0.05) is 13.1 Å². The first-order chi connectivity index (χ1) is 15.7. The van der Waals surface area contributed by atoms with Gasteiger partial charge in [-0.05, 0) is 38.0 Å². The smallest absolute Gasteiger partial charge is 0.329 e. The maximum atomic E-state index is 13.3. The average molecular weight is 465 g/mol. The lowest BCUT2D eigenvalue weighted by Crippen LogP contribution is -2.57. The molecule has 0 bridgehead atoms. The molecule has 184 valence electrons. The third-order valence-electron chi connectivity index (χ3n) is 6.67. The van der Waals surface area contributed by atoms with Crippen LogP contribution in [0.5, 0.6) is 0 Å². The second-order valence-electron chi connectivity index (χ2n) is 9.45. The van der Waals surface area contributed by atoms with Crippen LogP contribution < -0.4 is 10.6 Å². The molecule has 0 aromatic rings. The minimum absolute atomic E-state index is 0.196. The highest BCUT2D eigenvalue weighted by atomic mass is 16.5. The summed E-state index contributed by atoms with van der Waals surface area (Å²) >= 11 is 0. The monoisotopic (exact) mass is 464 g/mol. The second kappa shape index (κ2) is 11.0. The standard InChI is InChI=1S/C23H36N4O6/c1-4-5-12-33-23(32)15-13-18(28)26-10-7-9-17(26)22(31)27-11-6-8-16(27)20(29)25-19(14(2)3)21(30)24-15/h14-17,19H,4-13H2,1-3H3,(H,24,30)(H,25,29)/t15-,16-,17+,19-/m0/s1. The Kier molecular flexibility index (Phi) is 8.31. The number of unbranched alkanes of at least 4 members (excludes halogenated alkanes) is 1. The Labute approximate surface area is 194 Å². The molecule has 3 rings (SSSR count). The fraction of sp³-hybridized carbons (Fsp3) is 0.783. The molecular formula is C23H36N4O6. The van der Waals surface area contributed by atoms with Crippen molar-refractivity contribution in [2.75, 3.05) is 19.7 Å². The molecule has 33 heavy (non-hydrogen) atoms. The first-order valence-electron chi connectivity index (χ1n) is 12.1. The van der Waals surface area contributed by atoms with E-state index in [4.69, 9.17) is 4.74 Å². The molecule has 3 aliphatic rings. The van der Waals surface area contributed by atoms with Crippen LogP contribution in [-0.2, 0) is 28.7 Å². The van der Waals surface area contributed by atoms with Gasteiger partial charge < -0.3 is 25.2 Å². The first-order valence-corrected chi connectivity index (χ1v) is 12.1. The number of ether oxygens (including phenoxy) is 1. The number of nitrogens with zero attached hydrogens (tertiary/aromatic N) is 2. The highest BCUT2D eigenvalue weighted by Gasteiger charge is 2.44. The van der Waals surface area contributed by atoms with Crippen LogP contribution in [0.3, 0.4) is 0 Å². The molecule has 0 aromatic carbocycles. The number of nitrogens with one attached hydrogen (secondary N) is 2. The number of hydrogen-bond acceptors (Lipinski definition) is 6. The Hall–Kier alpha value is -2.65. The predicted molar refractivity (Wildman–Crippen MR) is 119 cm³/mol. The van der Waals surface area contributed by atoms with Crippen molar-refractivity contribution in [2.24, 2.45) is 5.92 Å². The van der Waals surface area contributed by atoms with Crippen LogP contribution in [0.25, 0.3) is 0 Å². The molecule has 3 fully saturated rings. The van der Waals surface area contributed by atoms with E-state index in [0.717, 1.165) is 6.42 Å². The molecule has 4 atom stereocenters. The summed E-state index contributed by atoms with van der Waals surface area (Å²) < 4.78 is 5.29. The number of carbonyl (C=O) groups excluding carboxylic acids is 5. The fourth-order valence-electron chi connectivity index (χ4n) is 4.77. The van der Waals surface area contributed by atoms with Crippen LogP contribution in [-0.4, -0.2) is 83.3 Å². The summed E-state index contributed by atoms with van der Waals surface area (Å²) in [6.07, 6.45) is 3.60. The molecule has 0 aromatic heterocycles. The van der Waals surface area contributed by atoms with Crippen molar-refractivity contribution in [2.45, 2.75) is 89.9 Å². The van der Waals surface area contributed by atoms with E-state index in [1.54, 1.807) is 18.7 Å². The lowest BCUT2D eigenvalue weighted by Gasteiger charge is -2.31. The lowest BCUT2D eigenvalue weighted by atomic mass is 10.0. The van der Waals surface area contributed by atoms with E-state index in [2.05, 4.69) is 10.6 Å². The van der Waals surface area contributed by atoms with Crippen molar-refractivity contribution in [1.29, 1.82) is 0 Å². The van der Waals surface area contributed by atoms with Crippen molar-refractivity contribution in [3.8, 4) is 0 Å². The van der Waals surface area contributed by atoms with Gasteiger partial charge in [-0.25, -0.2) is 4.79 Å². The fourth-order valence-corrected chi connectivity index (χ4v) is 4.77. The van der Waals surface area contributed by atoms with Gasteiger partial charge >= 0.3 is 5.97 Å². The number of amides is 4. The third kappa shape index (κ3) is 5.65. The van der Waals surface area contributed by atoms with E-state index in [0.29, 0.717) is 45.2 Å². The van der Waals surface area contributed by atoms with Gasteiger partial charge in [0.25, 0.3) is 0 Å². The van der Waals surface area contributed by atoms with E-state index in [1.807, 2.05) is 6.92 Å². The SMILES string of the molecule is CCCCOC(=O)[C@@H]1CC(=O)N2CCC[C@@H]2C(=O)N2CCC[C@H]2C(=O)N[C@@H](C(C)C)C(=O)N1. The molecule has 10 heteroatoms. The summed E-state index contributed by atoms with van der Waals surface area (Å²) in [5.74, 6) is -2.49. The van der Waals surface area contributed by atoms with E-state index in [1.165, 1.54) is 4.90 Å². The van der Waals surface area contributed by atoms with Crippen molar-refractivity contribution >= 4 is 29.6 Å². The van der Waals surface area contributed by atoms with Crippen LogP contribution in [0.4, 0.5) is 0 Å². The number of fused-ring (bicyclic) bond motifs is 2. The third-order valence-corrected chi connectivity index (χ3v) is 6.67. The largest absolute Gasteiger partial charge is 0.464 e. The summed E-state index contributed by atoms with van der Waals surface area (Å²) in [4.78, 5) is 68.5. The number of hydrogen-bond donors (Lipinski definition) is 2. The minimum Gasteiger partial charge on any atom is -0.464 e. The normalized spacial score (nSPS) is 29.0. The van der Waals surface area contributed by atoms with Gasteiger partial charge in [-0.1, -0.05) is 27.2 Å². The van der Waals surface area contributed by atoms with Gasteiger partial charge in [0.05, 0.1) is 13.0 Å². The quantitative estimate of drug-likeness (QED) is 0.447. The number of rotatable bonds is 5. The highest BCUT2D eigenvalue weighted by molar-refractivity contribution is 5.97. The van der Waals surface area contributed by atoms with E-state index in [-0.39, 0.29) is 36.7 Å². The zero-order chi connectivity index (χ0) is 24.1. The van der Waals surface area contributed by atoms with Gasteiger partial charge in [0.15, 0.2) is 0 Å². The maximum absolute atomic E-state index is 13.3. The molecule has 3 heterocycles. The summed E-state index contributed by atoms with van der Waals surface area (Å²) in [7, 11) is 0. The van der Waals surface area contributed by atoms with Crippen molar-refractivity contribution in [3.63, 3.8) is 0 Å². The van der Waals surface area contributed by atoms with E-state index < -0.39 is 36.0 Å². The molecule has 4 amide bonds. The van der Waals surface area contributed by atoms with Crippen LogP contribution in [0.1, 0.15) is 65.7 Å². The van der Waals surface area contributed by atoms with Crippen LogP contribution in [0.15, 0.2) is 0 Å². The molecular weight excluding hydrogens is 428 g/mol.